The highest BCUT2D eigenvalue weighted by Gasteiger charge is 2.13. The summed E-state index contributed by atoms with van der Waals surface area (Å²) in [5, 5.41) is 8.89. The zero-order chi connectivity index (χ0) is 10.7. The van der Waals surface area contributed by atoms with Crippen LogP contribution in [0.3, 0.4) is 0 Å². The van der Waals surface area contributed by atoms with Gasteiger partial charge in [0.2, 0.25) is 0 Å². The van der Waals surface area contributed by atoms with Gasteiger partial charge in [-0.25, -0.2) is 0 Å². The maximum absolute atomic E-state index is 11.2. The first-order valence-electron chi connectivity index (χ1n) is 4.71. The van der Waals surface area contributed by atoms with Gasteiger partial charge >= 0.3 is 0 Å². The highest BCUT2D eigenvalue weighted by atomic mass is 16.1. The lowest BCUT2D eigenvalue weighted by Gasteiger charge is -2.04. The van der Waals surface area contributed by atoms with Crippen LogP contribution in [-0.4, -0.2) is 10.4 Å². The second-order valence-electron chi connectivity index (χ2n) is 3.37. The number of carbonyl (C=O) groups is 1. The van der Waals surface area contributed by atoms with Crippen LogP contribution in [0.15, 0.2) is 6.07 Å². The van der Waals surface area contributed by atoms with E-state index in [4.69, 9.17) is 5.26 Å². The van der Waals surface area contributed by atoms with Crippen LogP contribution in [-0.2, 0) is 13.5 Å². The molecule has 1 aromatic heterocycles. The van der Waals surface area contributed by atoms with Crippen molar-refractivity contribution in [3.05, 3.63) is 23.0 Å². The molecule has 0 radical (unpaired) electrons. The first-order chi connectivity index (χ1) is 6.61. The van der Waals surface area contributed by atoms with E-state index in [0.717, 1.165) is 18.5 Å². The second kappa shape index (κ2) is 4.10. The van der Waals surface area contributed by atoms with Gasteiger partial charge < -0.3 is 4.57 Å². The highest BCUT2D eigenvalue weighted by molar-refractivity contribution is 5.93. The van der Waals surface area contributed by atoms with E-state index in [9.17, 15) is 4.79 Å². The minimum Gasteiger partial charge on any atom is -0.344 e. The van der Waals surface area contributed by atoms with Gasteiger partial charge in [0.25, 0.3) is 0 Å². The minimum atomic E-state index is 0.00588. The minimum absolute atomic E-state index is 0.00588. The molecule has 14 heavy (non-hydrogen) atoms. The summed E-state index contributed by atoms with van der Waals surface area (Å²) in [6, 6.07) is 3.80. The number of nitrogens with zero attached hydrogens (tertiary/aromatic N) is 2. The lowest BCUT2D eigenvalue weighted by Crippen LogP contribution is -2.05. The Labute approximate surface area is 84.0 Å². The number of ketones is 1. The molecule has 3 nitrogen and oxygen atoms in total. The van der Waals surface area contributed by atoms with Gasteiger partial charge in [0.15, 0.2) is 5.78 Å². The highest BCUT2D eigenvalue weighted by Crippen LogP contribution is 2.16. The van der Waals surface area contributed by atoms with Crippen molar-refractivity contribution in [2.75, 3.05) is 0 Å². The van der Waals surface area contributed by atoms with Gasteiger partial charge in [0.05, 0.1) is 11.3 Å². The topological polar surface area (TPSA) is 45.8 Å². The van der Waals surface area contributed by atoms with Crippen molar-refractivity contribution in [1.29, 1.82) is 5.26 Å². The van der Waals surface area contributed by atoms with E-state index >= 15 is 0 Å². The Morgan fingerprint density at radius 1 is 1.64 bits per heavy atom. The number of Topliss-reactive ketones (excluding diaryl/α,β-unsaturated/α-hetero) is 1. The molecule has 1 rings (SSSR count). The molecule has 0 aromatic carbocycles. The van der Waals surface area contributed by atoms with Gasteiger partial charge in [-0.2, -0.15) is 5.26 Å². The summed E-state index contributed by atoms with van der Waals surface area (Å²) in [4.78, 5) is 11.2. The number of rotatable bonds is 3. The first kappa shape index (κ1) is 10.5. The van der Waals surface area contributed by atoms with Crippen molar-refractivity contribution < 1.29 is 4.79 Å². The monoisotopic (exact) mass is 190 g/mol. The average Bonchev–Trinajstić information content (AvgIpc) is 2.45. The number of nitriles is 1. The summed E-state index contributed by atoms with van der Waals surface area (Å²) >= 11 is 0. The molecule has 0 aliphatic heterocycles. The molecular formula is C11H14N2O. The zero-order valence-corrected chi connectivity index (χ0v) is 8.79. The quantitative estimate of drug-likeness (QED) is 0.685. The van der Waals surface area contributed by atoms with Crippen LogP contribution >= 0.6 is 0 Å². The SMILES string of the molecule is CCCc1c(C#N)cc(C(C)=O)n1C. The van der Waals surface area contributed by atoms with E-state index < -0.39 is 0 Å². The molecule has 0 N–H and O–H groups in total. The van der Waals surface area contributed by atoms with E-state index in [-0.39, 0.29) is 5.78 Å². The second-order valence-corrected chi connectivity index (χ2v) is 3.37. The van der Waals surface area contributed by atoms with Gasteiger partial charge in [-0.05, 0) is 12.5 Å². The van der Waals surface area contributed by atoms with Gasteiger partial charge in [-0.3, -0.25) is 4.79 Å². The maximum Gasteiger partial charge on any atom is 0.176 e. The molecule has 0 saturated heterocycles. The molecule has 0 amide bonds. The predicted octanol–water partition coefficient (Wildman–Crippen LogP) is 2.05. The largest absolute Gasteiger partial charge is 0.344 e. The summed E-state index contributed by atoms with van der Waals surface area (Å²) < 4.78 is 1.82. The van der Waals surface area contributed by atoms with Crippen LogP contribution < -0.4 is 0 Å². The van der Waals surface area contributed by atoms with Crippen LogP contribution in [0.1, 0.15) is 42.0 Å². The molecule has 0 aliphatic carbocycles. The van der Waals surface area contributed by atoms with Gasteiger partial charge in [0, 0.05) is 19.7 Å². The number of carbonyl (C=O) groups excluding carboxylic acids is 1. The third-order valence-corrected chi connectivity index (χ3v) is 2.33. The summed E-state index contributed by atoms with van der Waals surface area (Å²) in [5.74, 6) is 0.00588. The van der Waals surface area contributed by atoms with Crippen LogP contribution in [0, 0.1) is 11.3 Å². The van der Waals surface area contributed by atoms with Crippen molar-refractivity contribution in [2.45, 2.75) is 26.7 Å². The molecule has 0 bridgehead atoms. The predicted molar refractivity (Wildman–Crippen MR) is 54.1 cm³/mol. The third kappa shape index (κ3) is 1.69. The maximum atomic E-state index is 11.2. The summed E-state index contributed by atoms with van der Waals surface area (Å²) in [5.41, 5.74) is 2.20. The Balaban J connectivity index is 3.27. The molecule has 0 spiro atoms. The van der Waals surface area contributed by atoms with Crippen molar-refractivity contribution in [3.63, 3.8) is 0 Å². The van der Waals surface area contributed by atoms with E-state index in [1.807, 2.05) is 11.6 Å². The normalized spacial score (nSPS) is 9.86. The molecular weight excluding hydrogens is 176 g/mol. The standard InChI is InChI=1S/C11H14N2O/c1-4-5-10-9(7-12)6-11(8(2)14)13(10)3/h6H,4-5H2,1-3H3. The van der Waals surface area contributed by atoms with Crippen LogP contribution in [0.25, 0.3) is 0 Å². The zero-order valence-electron chi connectivity index (χ0n) is 8.79. The van der Waals surface area contributed by atoms with Gasteiger partial charge in [-0.15, -0.1) is 0 Å². The van der Waals surface area contributed by atoms with E-state index in [1.165, 1.54) is 6.92 Å². The molecule has 0 atom stereocenters. The summed E-state index contributed by atoms with van der Waals surface area (Å²) in [7, 11) is 1.84. The van der Waals surface area contributed by atoms with E-state index in [2.05, 4.69) is 13.0 Å². The molecule has 0 unspecified atom stereocenters. The average molecular weight is 190 g/mol. The molecule has 0 saturated carbocycles. The van der Waals surface area contributed by atoms with E-state index in [1.54, 1.807) is 6.07 Å². The van der Waals surface area contributed by atoms with Crippen molar-refractivity contribution >= 4 is 5.78 Å². The van der Waals surface area contributed by atoms with Crippen LogP contribution in [0.4, 0.5) is 0 Å². The molecule has 1 heterocycles. The molecule has 0 aliphatic rings. The van der Waals surface area contributed by atoms with Crippen molar-refractivity contribution in [3.8, 4) is 6.07 Å². The molecule has 3 heteroatoms. The van der Waals surface area contributed by atoms with Crippen molar-refractivity contribution in [1.82, 2.24) is 4.57 Å². The Kier molecular flexibility index (Phi) is 3.08. The van der Waals surface area contributed by atoms with Gasteiger partial charge in [0.1, 0.15) is 6.07 Å². The summed E-state index contributed by atoms with van der Waals surface area (Å²) in [6.07, 6.45) is 1.82. The Bertz CT molecular complexity index is 396. The Morgan fingerprint density at radius 3 is 2.71 bits per heavy atom. The smallest absolute Gasteiger partial charge is 0.176 e. The number of hydrogen-bond donors (Lipinski definition) is 0. The Hall–Kier alpha value is -1.56. The van der Waals surface area contributed by atoms with Crippen LogP contribution in [0.5, 0.6) is 0 Å². The van der Waals surface area contributed by atoms with E-state index in [0.29, 0.717) is 11.3 Å². The number of aromatic nitrogens is 1. The van der Waals surface area contributed by atoms with Crippen LogP contribution in [0.2, 0.25) is 0 Å². The fourth-order valence-electron chi connectivity index (χ4n) is 1.62. The first-order valence-corrected chi connectivity index (χ1v) is 4.71. The van der Waals surface area contributed by atoms with Crippen molar-refractivity contribution in [2.24, 2.45) is 7.05 Å². The summed E-state index contributed by atoms with van der Waals surface area (Å²) in [6.45, 7) is 3.58. The fraction of sp³-hybridized carbons (Fsp3) is 0.455. The third-order valence-electron chi connectivity index (χ3n) is 2.33. The molecule has 74 valence electrons. The lowest BCUT2D eigenvalue weighted by atomic mass is 10.2. The van der Waals surface area contributed by atoms with Gasteiger partial charge in [-0.1, -0.05) is 13.3 Å². The Morgan fingerprint density at radius 2 is 2.29 bits per heavy atom. The fourth-order valence-corrected chi connectivity index (χ4v) is 1.62. The molecule has 0 fully saturated rings. The lowest BCUT2D eigenvalue weighted by molar-refractivity contribution is 0.101. The number of hydrogen-bond acceptors (Lipinski definition) is 2. The molecule has 1 aromatic rings.